The SMILES string of the molecule is OB(O)Oc1ccc(CCOCc2ccccc2)cc1. The first-order chi connectivity index (χ1) is 9.74. The molecule has 5 heteroatoms. The van der Waals surface area contributed by atoms with Gasteiger partial charge in [-0.05, 0) is 29.7 Å². The second-order valence-electron chi connectivity index (χ2n) is 4.38. The Kier molecular flexibility index (Phi) is 5.61. The van der Waals surface area contributed by atoms with Gasteiger partial charge in [-0.15, -0.1) is 0 Å². The van der Waals surface area contributed by atoms with E-state index in [1.165, 1.54) is 0 Å². The van der Waals surface area contributed by atoms with E-state index in [-0.39, 0.29) is 0 Å². The zero-order valence-corrected chi connectivity index (χ0v) is 11.1. The van der Waals surface area contributed by atoms with Crippen LogP contribution in [0.1, 0.15) is 11.1 Å². The maximum Gasteiger partial charge on any atom is 0.707 e. The van der Waals surface area contributed by atoms with E-state index in [0.717, 1.165) is 17.5 Å². The molecule has 104 valence electrons. The summed E-state index contributed by atoms with van der Waals surface area (Å²) >= 11 is 0. The van der Waals surface area contributed by atoms with E-state index in [2.05, 4.69) is 0 Å². The van der Waals surface area contributed by atoms with Gasteiger partial charge in [0.2, 0.25) is 0 Å². The van der Waals surface area contributed by atoms with Crippen LogP contribution in [0.5, 0.6) is 5.75 Å². The highest BCUT2D eigenvalue weighted by atomic mass is 16.6. The Hall–Kier alpha value is -1.82. The van der Waals surface area contributed by atoms with E-state index < -0.39 is 7.32 Å². The molecule has 0 saturated heterocycles. The summed E-state index contributed by atoms with van der Waals surface area (Å²) in [5.41, 5.74) is 2.27. The molecule has 2 aromatic carbocycles. The van der Waals surface area contributed by atoms with Crippen LogP contribution in [0.4, 0.5) is 0 Å². The third kappa shape index (κ3) is 5.05. The van der Waals surface area contributed by atoms with Crippen LogP contribution in [0.25, 0.3) is 0 Å². The fourth-order valence-electron chi connectivity index (χ4n) is 1.81. The minimum Gasteiger partial charge on any atom is -0.512 e. The molecule has 4 nitrogen and oxygen atoms in total. The summed E-state index contributed by atoms with van der Waals surface area (Å²) in [6.45, 7) is 1.25. The lowest BCUT2D eigenvalue weighted by atomic mass is 10.1. The molecule has 0 spiro atoms. The topological polar surface area (TPSA) is 58.9 Å². The molecule has 0 radical (unpaired) electrons. The molecule has 2 N–H and O–H groups in total. The summed E-state index contributed by atoms with van der Waals surface area (Å²) in [7, 11) is -1.78. The van der Waals surface area contributed by atoms with Crippen LogP contribution < -0.4 is 4.65 Å². The van der Waals surface area contributed by atoms with Crippen molar-refractivity contribution in [2.75, 3.05) is 6.61 Å². The Bertz CT molecular complexity index is 499. The second-order valence-corrected chi connectivity index (χ2v) is 4.38. The number of hydrogen-bond donors (Lipinski definition) is 2. The zero-order valence-electron chi connectivity index (χ0n) is 11.1. The molecule has 2 rings (SSSR count). The average Bonchev–Trinajstić information content (AvgIpc) is 2.46. The number of hydrogen-bond acceptors (Lipinski definition) is 4. The Balaban J connectivity index is 1.71. The lowest BCUT2D eigenvalue weighted by Gasteiger charge is -2.07. The van der Waals surface area contributed by atoms with Crippen LogP contribution in [-0.4, -0.2) is 24.0 Å². The molecule has 0 bridgehead atoms. The second kappa shape index (κ2) is 7.70. The molecule has 0 aliphatic carbocycles. The van der Waals surface area contributed by atoms with E-state index in [4.69, 9.17) is 19.4 Å². The van der Waals surface area contributed by atoms with Gasteiger partial charge in [0.05, 0.1) is 13.2 Å². The van der Waals surface area contributed by atoms with E-state index in [1.54, 1.807) is 12.1 Å². The normalized spacial score (nSPS) is 10.3. The Morgan fingerprint density at radius 1 is 0.850 bits per heavy atom. The summed E-state index contributed by atoms with van der Waals surface area (Å²) in [6.07, 6.45) is 0.800. The summed E-state index contributed by atoms with van der Waals surface area (Å²) in [5.74, 6) is 0.425. The molecule has 0 amide bonds. The molecule has 0 heterocycles. The van der Waals surface area contributed by atoms with Crippen LogP contribution in [0.15, 0.2) is 54.6 Å². The number of ether oxygens (including phenoxy) is 1. The molecule has 0 atom stereocenters. The van der Waals surface area contributed by atoms with E-state index in [9.17, 15) is 0 Å². The van der Waals surface area contributed by atoms with Crippen molar-refractivity contribution < 1.29 is 19.4 Å². The van der Waals surface area contributed by atoms with Crippen molar-refractivity contribution in [3.8, 4) is 5.75 Å². The lowest BCUT2D eigenvalue weighted by molar-refractivity contribution is 0.124. The highest BCUT2D eigenvalue weighted by Gasteiger charge is 2.10. The molecule has 0 aromatic heterocycles. The van der Waals surface area contributed by atoms with Crippen molar-refractivity contribution >= 4 is 7.32 Å². The molecule has 0 fully saturated rings. The van der Waals surface area contributed by atoms with Crippen LogP contribution >= 0.6 is 0 Å². The van der Waals surface area contributed by atoms with Crippen molar-refractivity contribution in [1.29, 1.82) is 0 Å². The first-order valence-corrected chi connectivity index (χ1v) is 6.47. The summed E-state index contributed by atoms with van der Waals surface area (Å²) in [4.78, 5) is 0. The van der Waals surface area contributed by atoms with Gasteiger partial charge in [0, 0.05) is 0 Å². The largest absolute Gasteiger partial charge is 0.707 e. The quantitative estimate of drug-likeness (QED) is 0.596. The first kappa shape index (κ1) is 14.6. The molecule has 0 saturated carbocycles. The predicted molar refractivity (Wildman–Crippen MR) is 77.1 cm³/mol. The van der Waals surface area contributed by atoms with Gasteiger partial charge in [-0.3, -0.25) is 0 Å². The molecular weight excluding hydrogens is 255 g/mol. The fourth-order valence-corrected chi connectivity index (χ4v) is 1.81. The summed E-state index contributed by atoms with van der Waals surface area (Å²) < 4.78 is 10.3. The monoisotopic (exact) mass is 272 g/mol. The highest BCUT2D eigenvalue weighted by molar-refractivity contribution is 6.33. The maximum atomic E-state index is 8.67. The van der Waals surface area contributed by atoms with Crippen molar-refractivity contribution in [1.82, 2.24) is 0 Å². The van der Waals surface area contributed by atoms with Gasteiger partial charge in [0.15, 0.2) is 0 Å². The van der Waals surface area contributed by atoms with Gasteiger partial charge in [0.25, 0.3) is 0 Å². The Morgan fingerprint density at radius 2 is 1.55 bits per heavy atom. The van der Waals surface area contributed by atoms with Gasteiger partial charge < -0.3 is 19.4 Å². The van der Waals surface area contributed by atoms with Crippen molar-refractivity contribution in [3.63, 3.8) is 0 Å². The van der Waals surface area contributed by atoms with E-state index in [1.807, 2.05) is 42.5 Å². The smallest absolute Gasteiger partial charge is 0.512 e. The van der Waals surface area contributed by atoms with E-state index in [0.29, 0.717) is 19.0 Å². The number of benzene rings is 2. The minimum absolute atomic E-state index is 0.425. The average molecular weight is 272 g/mol. The molecule has 2 aromatic rings. The third-order valence-electron chi connectivity index (χ3n) is 2.81. The molecule has 0 unspecified atom stereocenters. The van der Waals surface area contributed by atoms with Crippen molar-refractivity contribution in [3.05, 3.63) is 65.7 Å². The van der Waals surface area contributed by atoms with Crippen LogP contribution in [-0.2, 0) is 17.8 Å². The highest BCUT2D eigenvalue weighted by Crippen LogP contribution is 2.13. The summed E-state index contributed by atoms with van der Waals surface area (Å²) in [5, 5.41) is 17.3. The van der Waals surface area contributed by atoms with Crippen molar-refractivity contribution in [2.24, 2.45) is 0 Å². The Morgan fingerprint density at radius 3 is 2.20 bits per heavy atom. The maximum absolute atomic E-state index is 8.67. The van der Waals surface area contributed by atoms with Gasteiger partial charge in [-0.25, -0.2) is 0 Å². The standard InChI is InChI=1S/C15H17BO4/c17-16(18)20-15-8-6-13(7-9-15)10-11-19-12-14-4-2-1-3-5-14/h1-9,17-18H,10-12H2. The Labute approximate surface area is 118 Å². The molecule has 0 aliphatic rings. The molecule has 0 aliphatic heterocycles. The van der Waals surface area contributed by atoms with E-state index >= 15 is 0 Å². The van der Waals surface area contributed by atoms with Gasteiger partial charge in [-0.2, -0.15) is 0 Å². The lowest BCUT2D eigenvalue weighted by Crippen LogP contribution is -2.20. The molecule has 20 heavy (non-hydrogen) atoms. The van der Waals surface area contributed by atoms with Gasteiger partial charge in [0.1, 0.15) is 5.75 Å². The first-order valence-electron chi connectivity index (χ1n) is 6.47. The number of rotatable bonds is 7. The van der Waals surface area contributed by atoms with Crippen LogP contribution in [0.2, 0.25) is 0 Å². The summed E-state index contributed by atoms with van der Waals surface area (Å²) in [6, 6.07) is 17.2. The fraction of sp³-hybridized carbons (Fsp3) is 0.200. The van der Waals surface area contributed by atoms with Gasteiger partial charge in [-0.1, -0.05) is 42.5 Å². The predicted octanol–water partition coefficient (Wildman–Crippen LogP) is 1.79. The zero-order chi connectivity index (χ0) is 14.2. The molecular formula is C15H17BO4. The van der Waals surface area contributed by atoms with Crippen LogP contribution in [0, 0.1) is 0 Å². The van der Waals surface area contributed by atoms with Crippen molar-refractivity contribution in [2.45, 2.75) is 13.0 Å². The third-order valence-corrected chi connectivity index (χ3v) is 2.81. The van der Waals surface area contributed by atoms with Gasteiger partial charge >= 0.3 is 7.32 Å². The van der Waals surface area contributed by atoms with Crippen LogP contribution in [0.3, 0.4) is 0 Å². The minimum atomic E-state index is -1.78.